The fourth-order valence-electron chi connectivity index (χ4n) is 7.85. The van der Waals surface area contributed by atoms with Gasteiger partial charge >= 0.3 is 0 Å². The number of hydrogen-bond acceptors (Lipinski definition) is 6. The van der Waals surface area contributed by atoms with Crippen molar-refractivity contribution in [2.75, 3.05) is 13.7 Å². The fraction of sp³-hybridized carbons (Fsp3) is 1.00. The highest BCUT2D eigenvalue weighted by Crippen LogP contribution is 2.60. The highest BCUT2D eigenvalue weighted by molar-refractivity contribution is 5.07. The lowest BCUT2D eigenvalue weighted by molar-refractivity contribution is -0.387. The number of hydrogen-bond donors (Lipinski definition) is 3. The SMILES string of the molecule is COC1CC2OC3(CC(C)(C)C2CC1O)CC(C)(C)C1C(CC(CO)C(O)C1C)O3. The Labute approximate surface area is 181 Å². The third-order valence-corrected chi connectivity index (χ3v) is 8.99. The van der Waals surface area contributed by atoms with Crippen LogP contribution in [0, 0.1) is 34.5 Å². The molecule has 2 saturated heterocycles. The normalized spacial score (nSPS) is 52.5. The molecule has 10 atom stereocenters. The molecule has 4 fully saturated rings. The highest BCUT2D eigenvalue weighted by atomic mass is 16.7. The lowest BCUT2D eigenvalue weighted by Gasteiger charge is -2.63. The minimum absolute atomic E-state index is 0.00491. The number of fused-ring (bicyclic) bond motifs is 2. The van der Waals surface area contributed by atoms with Gasteiger partial charge in [-0.3, -0.25) is 0 Å². The summed E-state index contributed by atoms with van der Waals surface area (Å²) in [6.07, 6.45) is 2.42. The van der Waals surface area contributed by atoms with Crippen molar-refractivity contribution >= 4 is 0 Å². The standard InChI is InChI=1S/C24H42O6/c1-13-20-19(7-14(10-25)21(13)27)30-24(12-23(20,4)5)11-22(2,3)15-8-16(26)18(28-6)9-17(15)29-24/h13-21,25-27H,7-12H2,1-6H3. The van der Waals surface area contributed by atoms with Crippen LogP contribution in [0.4, 0.5) is 0 Å². The first-order valence-electron chi connectivity index (χ1n) is 11.8. The molecule has 4 aliphatic rings. The topological polar surface area (TPSA) is 88.4 Å². The van der Waals surface area contributed by atoms with Crippen molar-refractivity contribution in [3.05, 3.63) is 0 Å². The Morgan fingerprint density at radius 2 is 1.57 bits per heavy atom. The first-order valence-corrected chi connectivity index (χ1v) is 11.8. The Balaban J connectivity index is 1.63. The average Bonchev–Trinajstić information content (AvgIpc) is 2.63. The Kier molecular flexibility index (Phi) is 5.86. The quantitative estimate of drug-likeness (QED) is 0.629. The number of aliphatic hydroxyl groups is 3. The van der Waals surface area contributed by atoms with Crippen LogP contribution in [0.2, 0.25) is 0 Å². The van der Waals surface area contributed by atoms with Crippen molar-refractivity contribution in [1.29, 1.82) is 0 Å². The van der Waals surface area contributed by atoms with Crippen LogP contribution in [0.25, 0.3) is 0 Å². The van der Waals surface area contributed by atoms with Crippen LogP contribution in [-0.2, 0) is 14.2 Å². The molecule has 174 valence electrons. The molecule has 6 nitrogen and oxygen atoms in total. The van der Waals surface area contributed by atoms with E-state index in [1.165, 1.54) is 0 Å². The van der Waals surface area contributed by atoms with Gasteiger partial charge in [-0.15, -0.1) is 0 Å². The van der Waals surface area contributed by atoms with Crippen LogP contribution >= 0.6 is 0 Å². The summed E-state index contributed by atoms with van der Waals surface area (Å²) in [7, 11) is 1.66. The third kappa shape index (κ3) is 3.65. The van der Waals surface area contributed by atoms with Gasteiger partial charge in [0.2, 0.25) is 0 Å². The summed E-state index contributed by atoms with van der Waals surface area (Å²) in [6, 6.07) is 0. The first kappa shape index (κ1) is 22.9. The summed E-state index contributed by atoms with van der Waals surface area (Å²) in [6.45, 7) is 11.2. The summed E-state index contributed by atoms with van der Waals surface area (Å²) < 4.78 is 19.2. The largest absolute Gasteiger partial charge is 0.396 e. The van der Waals surface area contributed by atoms with Crippen LogP contribution in [0.15, 0.2) is 0 Å². The maximum atomic E-state index is 10.7. The molecule has 4 rings (SSSR count). The fourth-order valence-corrected chi connectivity index (χ4v) is 7.85. The van der Waals surface area contributed by atoms with Crippen LogP contribution < -0.4 is 0 Å². The maximum Gasteiger partial charge on any atom is 0.170 e. The van der Waals surface area contributed by atoms with Gasteiger partial charge in [0.05, 0.1) is 30.5 Å². The third-order valence-electron chi connectivity index (χ3n) is 8.99. The highest BCUT2D eigenvalue weighted by Gasteiger charge is 2.62. The van der Waals surface area contributed by atoms with Gasteiger partial charge in [-0.05, 0) is 41.4 Å². The van der Waals surface area contributed by atoms with Gasteiger partial charge in [0.25, 0.3) is 0 Å². The second kappa shape index (κ2) is 7.67. The van der Waals surface area contributed by atoms with Crippen molar-refractivity contribution in [1.82, 2.24) is 0 Å². The zero-order chi connectivity index (χ0) is 22.1. The van der Waals surface area contributed by atoms with E-state index in [0.29, 0.717) is 19.3 Å². The molecular weight excluding hydrogens is 384 g/mol. The number of rotatable bonds is 2. The molecule has 6 heteroatoms. The monoisotopic (exact) mass is 426 g/mol. The van der Waals surface area contributed by atoms with Crippen molar-refractivity contribution in [2.24, 2.45) is 34.5 Å². The minimum Gasteiger partial charge on any atom is -0.396 e. The molecule has 0 radical (unpaired) electrons. The Hall–Kier alpha value is -0.240. The number of methoxy groups -OCH3 is 1. The summed E-state index contributed by atoms with van der Waals surface area (Å²) in [4.78, 5) is 0. The van der Waals surface area contributed by atoms with E-state index in [-0.39, 0.29) is 59.4 Å². The van der Waals surface area contributed by atoms with Crippen molar-refractivity contribution in [3.63, 3.8) is 0 Å². The van der Waals surface area contributed by atoms with Crippen molar-refractivity contribution in [3.8, 4) is 0 Å². The van der Waals surface area contributed by atoms with E-state index in [9.17, 15) is 15.3 Å². The molecule has 0 aromatic heterocycles. The summed E-state index contributed by atoms with van der Waals surface area (Å²) in [5, 5.41) is 31.1. The van der Waals surface area contributed by atoms with Gasteiger partial charge in [-0.2, -0.15) is 0 Å². The van der Waals surface area contributed by atoms with E-state index < -0.39 is 18.0 Å². The average molecular weight is 427 g/mol. The molecule has 0 bridgehead atoms. The Morgan fingerprint density at radius 3 is 2.20 bits per heavy atom. The molecule has 1 spiro atoms. The van der Waals surface area contributed by atoms with E-state index in [1.54, 1.807) is 7.11 Å². The Morgan fingerprint density at radius 1 is 0.933 bits per heavy atom. The molecular formula is C24H42O6. The first-order chi connectivity index (χ1) is 13.9. The molecule has 2 saturated carbocycles. The molecule has 0 amide bonds. The molecule has 0 aromatic rings. The van der Waals surface area contributed by atoms with Gasteiger partial charge in [-0.1, -0.05) is 34.6 Å². The smallest absolute Gasteiger partial charge is 0.170 e. The lowest BCUT2D eigenvalue weighted by Crippen LogP contribution is -2.66. The molecule has 10 unspecified atom stereocenters. The minimum atomic E-state index is -0.669. The summed E-state index contributed by atoms with van der Waals surface area (Å²) >= 11 is 0. The van der Waals surface area contributed by atoms with E-state index in [0.717, 1.165) is 12.8 Å². The van der Waals surface area contributed by atoms with Crippen LogP contribution in [0.5, 0.6) is 0 Å². The van der Waals surface area contributed by atoms with Crippen molar-refractivity contribution in [2.45, 2.75) is 103 Å². The summed E-state index contributed by atoms with van der Waals surface area (Å²) in [5.41, 5.74) is -0.0802. The zero-order valence-electron chi connectivity index (χ0n) is 19.5. The lowest BCUT2D eigenvalue weighted by atomic mass is 9.55. The molecule has 3 N–H and O–H groups in total. The summed E-state index contributed by atoms with van der Waals surface area (Å²) in [5.74, 6) is -0.256. The van der Waals surface area contributed by atoms with E-state index in [4.69, 9.17) is 14.2 Å². The second-order valence-electron chi connectivity index (χ2n) is 12.0. The molecule has 2 aliphatic carbocycles. The molecule has 2 aliphatic heterocycles. The van der Waals surface area contributed by atoms with E-state index in [2.05, 4.69) is 34.6 Å². The van der Waals surface area contributed by atoms with Crippen LogP contribution in [0.1, 0.15) is 66.7 Å². The van der Waals surface area contributed by atoms with Crippen molar-refractivity contribution < 1.29 is 29.5 Å². The predicted molar refractivity (Wildman–Crippen MR) is 113 cm³/mol. The second-order valence-corrected chi connectivity index (χ2v) is 12.0. The van der Waals surface area contributed by atoms with Gasteiger partial charge in [0, 0.05) is 38.9 Å². The van der Waals surface area contributed by atoms with Gasteiger partial charge in [0.15, 0.2) is 5.79 Å². The Bertz CT molecular complexity index is 635. The molecule has 0 aromatic carbocycles. The van der Waals surface area contributed by atoms with Gasteiger partial charge in [-0.25, -0.2) is 0 Å². The predicted octanol–water partition coefficient (Wildman–Crippen LogP) is 2.72. The van der Waals surface area contributed by atoms with Crippen LogP contribution in [-0.4, -0.2) is 65.3 Å². The molecule has 30 heavy (non-hydrogen) atoms. The van der Waals surface area contributed by atoms with Gasteiger partial charge in [0.1, 0.15) is 0 Å². The van der Waals surface area contributed by atoms with Crippen LogP contribution in [0.3, 0.4) is 0 Å². The number of aliphatic hydroxyl groups excluding tert-OH is 3. The number of ether oxygens (including phenoxy) is 3. The zero-order valence-corrected chi connectivity index (χ0v) is 19.5. The van der Waals surface area contributed by atoms with Gasteiger partial charge < -0.3 is 29.5 Å². The van der Waals surface area contributed by atoms with E-state index >= 15 is 0 Å². The maximum absolute atomic E-state index is 10.7. The molecule has 2 heterocycles. The van der Waals surface area contributed by atoms with E-state index in [1.807, 2.05) is 0 Å².